The molecule has 0 bridgehead atoms. The van der Waals surface area contributed by atoms with Crippen molar-refractivity contribution in [1.82, 2.24) is 0 Å². The number of thiocarbonyl (C=S) groups is 1. The van der Waals surface area contributed by atoms with Crippen LogP contribution in [0.25, 0.3) is 0 Å². The predicted octanol–water partition coefficient (Wildman–Crippen LogP) is 2.05. The third-order valence-corrected chi connectivity index (χ3v) is 3.18. The molecule has 2 rings (SSSR count). The third kappa shape index (κ3) is 2.73. The van der Waals surface area contributed by atoms with E-state index in [-0.39, 0.29) is 22.7 Å². The van der Waals surface area contributed by atoms with Gasteiger partial charge in [0.15, 0.2) is 0 Å². The minimum absolute atomic E-state index is 0.0756. The zero-order valence-corrected chi connectivity index (χ0v) is 10.4. The summed E-state index contributed by atoms with van der Waals surface area (Å²) in [5, 5.41) is 3.25. The maximum atomic E-state index is 13.6. The van der Waals surface area contributed by atoms with Gasteiger partial charge in [-0.1, -0.05) is 12.2 Å². The van der Waals surface area contributed by atoms with Crippen molar-refractivity contribution in [1.29, 1.82) is 0 Å². The summed E-state index contributed by atoms with van der Waals surface area (Å²) >= 11 is 4.75. The molecular weight excluding hydrogens is 239 g/mol. The second kappa shape index (κ2) is 4.98. The van der Waals surface area contributed by atoms with Gasteiger partial charge in [-0.25, -0.2) is 4.39 Å². The zero-order valence-electron chi connectivity index (χ0n) is 9.57. The first kappa shape index (κ1) is 12.3. The molecule has 0 aliphatic carbocycles. The van der Waals surface area contributed by atoms with Gasteiger partial charge in [0.25, 0.3) is 0 Å². The van der Waals surface area contributed by atoms with Crippen LogP contribution in [-0.2, 0) is 4.74 Å². The molecule has 2 unspecified atom stereocenters. The van der Waals surface area contributed by atoms with Crippen LogP contribution in [-0.4, -0.2) is 23.7 Å². The van der Waals surface area contributed by atoms with Gasteiger partial charge in [0, 0.05) is 17.9 Å². The highest BCUT2D eigenvalue weighted by molar-refractivity contribution is 7.80. The quantitative estimate of drug-likeness (QED) is 0.810. The maximum absolute atomic E-state index is 13.6. The number of nitrogens with one attached hydrogen (secondary N) is 1. The van der Waals surface area contributed by atoms with Crippen molar-refractivity contribution in [2.45, 2.75) is 25.5 Å². The van der Waals surface area contributed by atoms with Crippen LogP contribution < -0.4 is 11.1 Å². The first-order chi connectivity index (χ1) is 8.08. The summed E-state index contributed by atoms with van der Waals surface area (Å²) in [5.74, 6) is -0.394. The molecule has 92 valence electrons. The highest BCUT2D eigenvalue weighted by Crippen LogP contribution is 2.20. The van der Waals surface area contributed by atoms with Gasteiger partial charge >= 0.3 is 0 Å². The summed E-state index contributed by atoms with van der Waals surface area (Å²) in [6.07, 6.45) is 1.08. The van der Waals surface area contributed by atoms with Crippen molar-refractivity contribution in [3.63, 3.8) is 0 Å². The Labute approximate surface area is 105 Å². The van der Waals surface area contributed by atoms with Crippen LogP contribution in [0.1, 0.15) is 18.9 Å². The molecule has 1 saturated heterocycles. The topological polar surface area (TPSA) is 47.3 Å². The van der Waals surface area contributed by atoms with E-state index in [0.29, 0.717) is 0 Å². The molecule has 5 heteroatoms. The molecular formula is C12H15FN2OS. The van der Waals surface area contributed by atoms with E-state index in [0.717, 1.165) is 18.7 Å². The van der Waals surface area contributed by atoms with Gasteiger partial charge in [-0.3, -0.25) is 0 Å². The van der Waals surface area contributed by atoms with Gasteiger partial charge in [-0.15, -0.1) is 0 Å². The molecule has 3 N–H and O–H groups in total. The van der Waals surface area contributed by atoms with E-state index in [1.165, 1.54) is 6.07 Å². The number of hydrogen-bond acceptors (Lipinski definition) is 3. The Kier molecular flexibility index (Phi) is 3.59. The number of benzene rings is 1. The molecule has 1 aromatic carbocycles. The number of rotatable bonds is 3. The average molecular weight is 254 g/mol. The largest absolute Gasteiger partial charge is 0.389 e. The fraction of sp³-hybridized carbons (Fsp3) is 0.417. The first-order valence-electron chi connectivity index (χ1n) is 5.55. The lowest BCUT2D eigenvalue weighted by Crippen LogP contribution is -2.26. The lowest BCUT2D eigenvalue weighted by molar-refractivity contribution is 0.121. The minimum atomic E-state index is -0.394. The van der Waals surface area contributed by atoms with Crippen LogP contribution in [0.15, 0.2) is 18.2 Å². The second-order valence-corrected chi connectivity index (χ2v) is 4.61. The lowest BCUT2D eigenvalue weighted by Gasteiger charge is -2.17. The van der Waals surface area contributed by atoms with Crippen LogP contribution in [0.5, 0.6) is 0 Å². The average Bonchev–Trinajstić information content (AvgIpc) is 2.64. The number of nitrogens with two attached hydrogens (primary N) is 1. The number of anilines is 1. The van der Waals surface area contributed by atoms with Gasteiger partial charge in [0.2, 0.25) is 0 Å². The molecule has 1 aromatic rings. The summed E-state index contributed by atoms with van der Waals surface area (Å²) in [7, 11) is 0. The molecule has 17 heavy (non-hydrogen) atoms. The smallest absolute Gasteiger partial charge is 0.135 e. The van der Waals surface area contributed by atoms with Crippen molar-refractivity contribution >= 4 is 22.9 Å². The van der Waals surface area contributed by atoms with E-state index in [1.807, 2.05) is 6.92 Å². The van der Waals surface area contributed by atoms with E-state index >= 15 is 0 Å². The standard InChI is InChI=1S/C12H15FN2OS/c1-7-11(4-5-16-7)15-8-2-3-9(12(14)17)10(13)6-8/h2-3,6-7,11,15H,4-5H2,1H3,(H2,14,17). The minimum Gasteiger partial charge on any atom is -0.389 e. The van der Waals surface area contributed by atoms with Crippen LogP contribution in [0.3, 0.4) is 0 Å². The number of halogens is 1. The Morgan fingerprint density at radius 2 is 2.35 bits per heavy atom. The van der Waals surface area contributed by atoms with E-state index in [4.69, 9.17) is 22.7 Å². The fourth-order valence-electron chi connectivity index (χ4n) is 1.94. The van der Waals surface area contributed by atoms with E-state index in [9.17, 15) is 4.39 Å². The summed E-state index contributed by atoms with van der Waals surface area (Å²) < 4.78 is 19.1. The highest BCUT2D eigenvalue weighted by atomic mass is 32.1. The molecule has 2 atom stereocenters. The molecule has 0 saturated carbocycles. The molecule has 1 aliphatic heterocycles. The Hall–Kier alpha value is -1.20. The summed E-state index contributed by atoms with van der Waals surface area (Å²) in [6.45, 7) is 2.75. The molecule has 0 spiro atoms. The van der Waals surface area contributed by atoms with Crippen molar-refractivity contribution in [3.05, 3.63) is 29.6 Å². The van der Waals surface area contributed by atoms with Crippen LogP contribution in [0.2, 0.25) is 0 Å². The van der Waals surface area contributed by atoms with Gasteiger partial charge in [0.05, 0.1) is 12.1 Å². The van der Waals surface area contributed by atoms with Gasteiger partial charge < -0.3 is 15.8 Å². The first-order valence-corrected chi connectivity index (χ1v) is 5.96. The van der Waals surface area contributed by atoms with E-state index < -0.39 is 5.82 Å². The van der Waals surface area contributed by atoms with E-state index in [1.54, 1.807) is 12.1 Å². The van der Waals surface area contributed by atoms with Crippen molar-refractivity contribution in [3.8, 4) is 0 Å². The van der Waals surface area contributed by atoms with Crippen LogP contribution in [0, 0.1) is 5.82 Å². The normalized spacial score (nSPS) is 23.6. The Balaban J connectivity index is 2.12. The molecule has 0 amide bonds. The fourth-order valence-corrected chi connectivity index (χ4v) is 2.11. The van der Waals surface area contributed by atoms with Gasteiger partial charge in [-0.05, 0) is 31.5 Å². The van der Waals surface area contributed by atoms with E-state index in [2.05, 4.69) is 5.32 Å². The van der Waals surface area contributed by atoms with Crippen molar-refractivity contribution in [2.24, 2.45) is 5.73 Å². The molecule has 0 aromatic heterocycles. The maximum Gasteiger partial charge on any atom is 0.135 e. The van der Waals surface area contributed by atoms with Gasteiger partial charge in [-0.2, -0.15) is 0 Å². The van der Waals surface area contributed by atoms with Crippen LogP contribution in [0.4, 0.5) is 10.1 Å². The summed E-state index contributed by atoms with van der Waals surface area (Å²) in [5.41, 5.74) is 6.41. The monoisotopic (exact) mass is 254 g/mol. The highest BCUT2D eigenvalue weighted by Gasteiger charge is 2.24. The second-order valence-electron chi connectivity index (χ2n) is 4.17. The SMILES string of the molecule is CC1OCCC1Nc1ccc(C(N)=S)c(F)c1. The molecule has 1 aliphatic rings. The Bertz CT molecular complexity index is 439. The molecule has 1 fully saturated rings. The summed E-state index contributed by atoms with van der Waals surface area (Å²) in [4.78, 5) is 0.0756. The number of ether oxygens (including phenoxy) is 1. The predicted molar refractivity (Wildman–Crippen MR) is 69.7 cm³/mol. The molecule has 3 nitrogen and oxygen atoms in total. The van der Waals surface area contributed by atoms with Crippen molar-refractivity contribution in [2.75, 3.05) is 11.9 Å². The summed E-state index contributed by atoms with van der Waals surface area (Å²) in [6, 6.07) is 5.02. The zero-order chi connectivity index (χ0) is 12.4. The number of hydrogen-bond donors (Lipinski definition) is 2. The van der Waals surface area contributed by atoms with Crippen molar-refractivity contribution < 1.29 is 9.13 Å². The lowest BCUT2D eigenvalue weighted by atomic mass is 10.1. The van der Waals surface area contributed by atoms with Crippen LogP contribution >= 0.6 is 12.2 Å². The Morgan fingerprint density at radius 3 is 2.88 bits per heavy atom. The third-order valence-electron chi connectivity index (χ3n) is 2.96. The Morgan fingerprint density at radius 1 is 1.59 bits per heavy atom. The molecule has 0 radical (unpaired) electrons. The molecule has 1 heterocycles. The van der Waals surface area contributed by atoms with Gasteiger partial charge in [0.1, 0.15) is 10.8 Å².